The van der Waals surface area contributed by atoms with Gasteiger partial charge in [0.25, 0.3) is 0 Å². The third kappa shape index (κ3) is 2.06. The molecule has 1 nitrogen and oxygen atoms in total. The maximum absolute atomic E-state index is 6.62. The fourth-order valence-electron chi connectivity index (χ4n) is 3.08. The minimum absolute atomic E-state index is 0. The van der Waals surface area contributed by atoms with Crippen LogP contribution in [0.4, 0.5) is 0 Å². The Morgan fingerprint density at radius 2 is 1.94 bits per heavy atom. The third-order valence-electron chi connectivity index (χ3n) is 4.56. The maximum atomic E-state index is 6.62. The second-order valence-corrected chi connectivity index (χ2v) is 5.89. The first-order chi connectivity index (χ1) is 7.94. The second kappa shape index (κ2) is 4.73. The van der Waals surface area contributed by atoms with E-state index in [1.165, 1.54) is 29.9 Å². The van der Waals surface area contributed by atoms with Crippen LogP contribution in [0.15, 0.2) is 35.5 Å². The number of hydrogen-bond donors (Lipinski definition) is 1. The molecule has 18 heavy (non-hydrogen) atoms. The van der Waals surface area contributed by atoms with Crippen LogP contribution < -0.4 is 5.73 Å². The van der Waals surface area contributed by atoms with E-state index in [4.69, 9.17) is 5.73 Å². The number of allylic oxidation sites excluding steroid dienone is 4. The smallest absolute Gasteiger partial charge is 0 e. The Kier molecular flexibility index (Phi) is 3.71. The van der Waals surface area contributed by atoms with Crippen LogP contribution >= 0.6 is 0 Å². The largest absolute Gasteiger partial charge is 0.331 e. The summed E-state index contributed by atoms with van der Waals surface area (Å²) in [6, 6.07) is 0. The first kappa shape index (κ1) is 14.1. The SMILES string of the molecule is C[C-]1C=CC=CC2=C1[C@@H](C)CC[C@@H](C)C2(C)N.[Lr]. The second-order valence-electron chi connectivity index (χ2n) is 5.89. The van der Waals surface area contributed by atoms with Crippen LogP contribution in [-0.4, -0.2) is 5.54 Å². The third-order valence-corrected chi connectivity index (χ3v) is 4.56. The Labute approximate surface area is 105 Å². The van der Waals surface area contributed by atoms with E-state index in [1.54, 1.807) is 0 Å². The van der Waals surface area contributed by atoms with Gasteiger partial charge in [-0.2, -0.15) is 18.1 Å². The molecule has 2 aliphatic rings. The predicted octanol–water partition coefficient (Wildman–Crippen LogP) is 3.79. The van der Waals surface area contributed by atoms with E-state index >= 15 is 0 Å². The van der Waals surface area contributed by atoms with Crippen LogP contribution in [0, 0.1) is 17.8 Å². The van der Waals surface area contributed by atoms with E-state index in [1.807, 2.05) is 0 Å². The monoisotopic (exact) mass is 492 g/mol. The van der Waals surface area contributed by atoms with E-state index in [0.29, 0.717) is 11.8 Å². The van der Waals surface area contributed by atoms with E-state index in [-0.39, 0.29) is 5.54 Å². The summed E-state index contributed by atoms with van der Waals surface area (Å²) in [5.41, 5.74) is 9.24. The van der Waals surface area contributed by atoms with E-state index < -0.39 is 0 Å². The summed E-state index contributed by atoms with van der Waals surface area (Å²) in [6.07, 6.45) is 11.1. The Balaban J connectivity index is 0.00000162. The molecule has 0 aliphatic heterocycles. The van der Waals surface area contributed by atoms with Gasteiger partial charge in [-0.25, -0.2) is 0 Å². The van der Waals surface area contributed by atoms with Crippen molar-refractivity contribution >= 4 is 0 Å². The van der Waals surface area contributed by atoms with Crippen molar-refractivity contribution in [3.63, 3.8) is 0 Å². The van der Waals surface area contributed by atoms with Gasteiger partial charge in [0.05, 0.1) is 0 Å². The van der Waals surface area contributed by atoms with Gasteiger partial charge in [0.15, 0.2) is 0 Å². The van der Waals surface area contributed by atoms with Crippen LogP contribution in [0.3, 0.4) is 0 Å². The van der Waals surface area contributed by atoms with Crippen molar-refractivity contribution in [2.75, 3.05) is 0 Å². The maximum Gasteiger partial charge on any atom is 0 e. The Hall–Kier alpha value is -1.95. The molecule has 0 aromatic heterocycles. The molecule has 3 atom stereocenters. The summed E-state index contributed by atoms with van der Waals surface area (Å²) in [5, 5.41) is 0. The van der Waals surface area contributed by atoms with E-state index in [2.05, 4.69) is 52.0 Å². The number of nitrogens with two attached hydrogens (primary N) is 1. The van der Waals surface area contributed by atoms with Crippen molar-refractivity contribution in [3.05, 3.63) is 41.4 Å². The minimum atomic E-state index is -0.204. The molecule has 0 aromatic rings. The molecule has 1 unspecified atom stereocenters. The van der Waals surface area contributed by atoms with Gasteiger partial charge in [0.1, 0.15) is 0 Å². The molecule has 2 rings (SSSR count). The van der Waals surface area contributed by atoms with Gasteiger partial charge in [-0.1, -0.05) is 27.7 Å². The molecular formula is C16H24LrN-. The number of rotatable bonds is 0. The van der Waals surface area contributed by atoms with Crippen molar-refractivity contribution in [2.24, 2.45) is 17.6 Å². The van der Waals surface area contributed by atoms with Gasteiger partial charge in [-0.3, -0.25) is 0 Å². The molecule has 2 heteroatoms. The van der Waals surface area contributed by atoms with Crippen LogP contribution in [0.5, 0.6) is 0 Å². The summed E-state index contributed by atoms with van der Waals surface area (Å²) in [7, 11) is 0. The standard InChI is InChI=1S/C16H24N.Lr/c1-11-7-5-6-8-14-15(11)12(2)9-10-13(3)16(14,4)17;/h5-8,12-13H,9-10,17H2,1-4H3;/q-1;/t12-,13+,16?;/m0./s1. The van der Waals surface area contributed by atoms with Gasteiger partial charge in [-0.05, 0) is 30.2 Å². The van der Waals surface area contributed by atoms with Crippen molar-refractivity contribution in [2.45, 2.75) is 46.1 Å². The van der Waals surface area contributed by atoms with Crippen LogP contribution in [0.2, 0.25) is 0 Å². The molecule has 0 saturated heterocycles. The van der Waals surface area contributed by atoms with Crippen molar-refractivity contribution in [1.29, 1.82) is 0 Å². The van der Waals surface area contributed by atoms with Crippen molar-refractivity contribution in [1.82, 2.24) is 0 Å². The van der Waals surface area contributed by atoms with Crippen LogP contribution in [0.25, 0.3) is 0 Å². The number of hydrogen-bond acceptors (Lipinski definition) is 1. The van der Waals surface area contributed by atoms with Gasteiger partial charge in [-0.15, -0.1) is 23.3 Å². The van der Waals surface area contributed by atoms with Crippen molar-refractivity contribution in [3.8, 4) is 0 Å². The summed E-state index contributed by atoms with van der Waals surface area (Å²) in [4.78, 5) is 0. The summed E-state index contributed by atoms with van der Waals surface area (Å²) in [6.45, 7) is 9.01. The zero-order valence-corrected chi connectivity index (χ0v) is 13.9. The predicted molar refractivity (Wildman–Crippen MR) is 74.4 cm³/mol. The van der Waals surface area contributed by atoms with Gasteiger partial charge < -0.3 is 5.73 Å². The average molecular weight is 492 g/mol. The molecule has 1 radical (unpaired) electrons. The molecule has 109 valence electrons. The molecule has 0 amide bonds. The molecule has 0 aromatic carbocycles. The van der Waals surface area contributed by atoms with Crippen LogP contribution in [-0.2, 0) is 0 Å². The molecule has 0 spiro atoms. The Bertz CT molecular complexity index is 390. The normalized spacial score (nSPS) is 35.7. The van der Waals surface area contributed by atoms with Gasteiger partial charge in [0, 0.05) is 0 Å². The van der Waals surface area contributed by atoms with E-state index in [0.717, 1.165) is 0 Å². The van der Waals surface area contributed by atoms with Gasteiger partial charge >= 0.3 is 0 Å². The molecule has 2 aliphatic carbocycles. The summed E-state index contributed by atoms with van der Waals surface area (Å²) >= 11 is 0. The Morgan fingerprint density at radius 1 is 1.28 bits per heavy atom. The minimum Gasteiger partial charge on any atom is -0.331 e. The zero-order valence-electron chi connectivity index (χ0n) is 11.7. The van der Waals surface area contributed by atoms with Gasteiger partial charge in [0.2, 0.25) is 0 Å². The fraction of sp³-hybridized carbons (Fsp3) is 0.562. The first-order valence-electron chi connectivity index (χ1n) is 6.66. The zero-order chi connectivity index (χ0) is 12.6. The molecule has 0 heterocycles. The van der Waals surface area contributed by atoms with E-state index in [9.17, 15) is 0 Å². The summed E-state index contributed by atoms with van der Waals surface area (Å²) in [5.74, 6) is 2.53. The molecule has 0 fully saturated rings. The molecule has 2 N–H and O–H groups in total. The summed E-state index contributed by atoms with van der Waals surface area (Å²) < 4.78 is 0. The average Bonchev–Trinajstić information content (AvgIpc) is 2.50. The molecular weight excluding hydrogens is 468 g/mol. The Morgan fingerprint density at radius 3 is 2.61 bits per heavy atom. The fourth-order valence-corrected chi connectivity index (χ4v) is 3.08. The van der Waals surface area contributed by atoms with Crippen LogP contribution in [0.1, 0.15) is 40.5 Å². The molecule has 0 saturated carbocycles. The van der Waals surface area contributed by atoms with Crippen molar-refractivity contribution < 1.29 is 0 Å². The first-order valence-corrected chi connectivity index (χ1v) is 6.66. The molecule has 0 bridgehead atoms. The topological polar surface area (TPSA) is 26.0 Å². The quantitative estimate of drug-likeness (QED) is 0.512.